The van der Waals surface area contributed by atoms with Gasteiger partial charge in [-0.2, -0.15) is 8.42 Å². The fraction of sp³-hybridized carbons (Fsp3) is 0.438. The normalized spacial score (nSPS) is 20.4. The van der Waals surface area contributed by atoms with Gasteiger partial charge in [0.1, 0.15) is 16.4 Å². The molecule has 1 heterocycles. The number of carbonyl (C=O) groups is 2. The van der Waals surface area contributed by atoms with Crippen LogP contribution in [0, 0.1) is 17.8 Å². The molecule has 0 spiro atoms. The summed E-state index contributed by atoms with van der Waals surface area (Å²) in [5, 5.41) is 0. The van der Waals surface area contributed by atoms with Gasteiger partial charge in [-0.1, -0.05) is 45.4 Å². The lowest BCUT2D eigenvalue weighted by molar-refractivity contribution is -0.120. The molecule has 218 valence electrons. The molecule has 2 aromatic rings. The van der Waals surface area contributed by atoms with Gasteiger partial charge in [-0.05, 0) is 70.4 Å². The molecule has 3 aliphatic rings. The van der Waals surface area contributed by atoms with Gasteiger partial charge in [-0.25, -0.2) is 0 Å². The number of halogens is 1. The van der Waals surface area contributed by atoms with E-state index in [2.05, 4.69) is 15.9 Å². The molecule has 0 N–H and O–H groups in total. The van der Waals surface area contributed by atoms with Gasteiger partial charge in [0, 0.05) is 42.7 Å². The molecule has 0 fully saturated rings. The molecule has 5 rings (SSSR count). The van der Waals surface area contributed by atoms with Gasteiger partial charge in [0.2, 0.25) is 0 Å². The minimum absolute atomic E-state index is 0.00107. The summed E-state index contributed by atoms with van der Waals surface area (Å²) in [7, 11) is -4.17. The van der Waals surface area contributed by atoms with Crippen molar-refractivity contribution in [1.29, 1.82) is 0 Å². The number of aryl methyl sites for hydroxylation is 1. The summed E-state index contributed by atoms with van der Waals surface area (Å²) in [4.78, 5) is 27.3. The van der Waals surface area contributed by atoms with E-state index in [0.717, 1.165) is 5.56 Å². The van der Waals surface area contributed by atoms with Crippen LogP contribution in [0.25, 0.3) is 0 Å². The first-order chi connectivity index (χ1) is 19.1. The molecule has 0 bridgehead atoms. The van der Waals surface area contributed by atoms with Gasteiger partial charge < -0.3 is 13.7 Å². The monoisotopic (exact) mass is 642 g/mol. The van der Waals surface area contributed by atoms with E-state index in [1.807, 2.05) is 34.6 Å². The molecule has 0 atom stereocenters. The van der Waals surface area contributed by atoms with E-state index in [4.69, 9.17) is 13.7 Å². The maximum Gasteiger partial charge on any atom is 0.339 e. The molecule has 2 aliphatic carbocycles. The third-order valence-electron chi connectivity index (χ3n) is 7.75. The second-order valence-electron chi connectivity index (χ2n) is 12.7. The lowest BCUT2D eigenvalue weighted by Crippen LogP contribution is -2.37. The zero-order valence-corrected chi connectivity index (χ0v) is 26.6. The van der Waals surface area contributed by atoms with E-state index in [1.165, 1.54) is 12.1 Å². The van der Waals surface area contributed by atoms with Crippen LogP contribution in [-0.2, 0) is 24.4 Å². The number of ketones is 2. The van der Waals surface area contributed by atoms with Crippen LogP contribution in [0.3, 0.4) is 0 Å². The van der Waals surface area contributed by atoms with E-state index in [0.29, 0.717) is 58.4 Å². The van der Waals surface area contributed by atoms with Crippen LogP contribution in [0.5, 0.6) is 11.5 Å². The lowest BCUT2D eigenvalue weighted by atomic mass is 9.65. The molecule has 7 nitrogen and oxygen atoms in total. The van der Waals surface area contributed by atoms with Crippen molar-refractivity contribution in [2.45, 2.75) is 78.0 Å². The second kappa shape index (κ2) is 10.4. The molecular weight excluding hydrogens is 608 g/mol. The number of carbonyl (C=O) groups excluding carboxylic acids is 2. The predicted octanol–water partition coefficient (Wildman–Crippen LogP) is 7.32. The van der Waals surface area contributed by atoms with Crippen molar-refractivity contribution < 1.29 is 31.7 Å². The van der Waals surface area contributed by atoms with Crippen LogP contribution in [0.1, 0.15) is 77.3 Å². The first-order valence-corrected chi connectivity index (χ1v) is 16.0. The van der Waals surface area contributed by atoms with E-state index in [1.54, 1.807) is 31.2 Å². The van der Waals surface area contributed by atoms with E-state index in [9.17, 15) is 18.0 Å². The van der Waals surface area contributed by atoms with E-state index in [-0.39, 0.29) is 45.4 Å². The van der Waals surface area contributed by atoms with Crippen LogP contribution in [0.15, 0.2) is 68.4 Å². The Balaban J connectivity index is 1.65. The molecule has 0 saturated carbocycles. The van der Waals surface area contributed by atoms with Gasteiger partial charge in [0.25, 0.3) is 0 Å². The van der Waals surface area contributed by atoms with Crippen LogP contribution >= 0.6 is 15.9 Å². The molecule has 41 heavy (non-hydrogen) atoms. The predicted molar refractivity (Wildman–Crippen MR) is 158 cm³/mol. The summed E-state index contributed by atoms with van der Waals surface area (Å²) in [6.07, 6.45) is 1.82. The van der Waals surface area contributed by atoms with Gasteiger partial charge in [-0.15, -0.1) is 0 Å². The number of Topliss-reactive ketones (excluding diaryl/α,β-unsaturated/α-hetero) is 2. The second-order valence-corrected chi connectivity index (χ2v) is 15.1. The van der Waals surface area contributed by atoms with Crippen molar-refractivity contribution >= 4 is 37.6 Å². The van der Waals surface area contributed by atoms with Gasteiger partial charge in [-0.3, -0.25) is 9.59 Å². The fourth-order valence-corrected chi connectivity index (χ4v) is 7.57. The van der Waals surface area contributed by atoms with Gasteiger partial charge in [0.05, 0.1) is 11.1 Å². The first-order valence-electron chi connectivity index (χ1n) is 13.8. The Bertz CT molecular complexity index is 1560. The smallest absolute Gasteiger partial charge is 0.339 e. The van der Waals surface area contributed by atoms with Gasteiger partial charge in [0.15, 0.2) is 23.1 Å². The molecule has 9 heteroatoms. The van der Waals surface area contributed by atoms with Crippen LogP contribution < -0.4 is 8.92 Å². The minimum atomic E-state index is -4.17. The Morgan fingerprint density at radius 1 is 0.902 bits per heavy atom. The fourth-order valence-electron chi connectivity index (χ4n) is 5.97. The maximum atomic E-state index is 13.6. The molecule has 0 saturated heterocycles. The van der Waals surface area contributed by atoms with Crippen molar-refractivity contribution in [3.63, 3.8) is 0 Å². The molecule has 2 aromatic carbocycles. The highest BCUT2D eigenvalue weighted by Gasteiger charge is 2.48. The van der Waals surface area contributed by atoms with Gasteiger partial charge >= 0.3 is 10.1 Å². The zero-order valence-electron chi connectivity index (χ0n) is 24.2. The molecule has 0 radical (unpaired) electrons. The standard InChI is InChI=1S/C32H35BrO7S/c1-7-38-24-13-19(12-21(33)30(24)40-41(36,37)20-10-8-18(2)9-11-20)27-28-22(34)14-31(3,4)16-25(28)39-26-17-32(5,6)15-23(35)29(26)27/h8-13,27H,7,14-17H2,1-6H3. The number of benzene rings is 2. The third-order valence-corrected chi connectivity index (χ3v) is 9.57. The average Bonchev–Trinajstić information content (AvgIpc) is 2.83. The molecule has 0 amide bonds. The van der Waals surface area contributed by atoms with Crippen molar-refractivity contribution in [3.8, 4) is 11.5 Å². The number of rotatable bonds is 6. The highest BCUT2D eigenvalue weighted by molar-refractivity contribution is 9.10. The molecule has 1 aliphatic heterocycles. The number of hydrogen-bond donors (Lipinski definition) is 0. The topological polar surface area (TPSA) is 96.0 Å². The van der Waals surface area contributed by atoms with Crippen molar-refractivity contribution in [2.75, 3.05) is 6.61 Å². The Kier molecular flexibility index (Phi) is 7.52. The van der Waals surface area contributed by atoms with Crippen LogP contribution in [-0.4, -0.2) is 26.6 Å². The van der Waals surface area contributed by atoms with E-state index < -0.39 is 16.0 Å². The quantitative estimate of drug-likeness (QED) is 0.304. The highest BCUT2D eigenvalue weighted by Crippen LogP contribution is 2.54. The minimum Gasteiger partial charge on any atom is -0.490 e. The van der Waals surface area contributed by atoms with E-state index >= 15 is 0 Å². The lowest BCUT2D eigenvalue weighted by Gasteiger charge is -2.42. The maximum absolute atomic E-state index is 13.6. The van der Waals surface area contributed by atoms with Crippen molar-refractivity contribution in [3.05, 3.63) is 74.7 Å². The summed E-state index contributed by atoms with van der Waals surface area (Å²) in [6, 6.07) is 9.77. The average molecular weight is 644 g/mol. The van der Waals surface area contributed by atoms with Crippen LogP contribution in [0.2, 0.25) is 0 Å². The summed E-state index contributed by atoms with van der Waals surface area (Å²) < 4.78 is 44.6. The molecular formula is C32H35BrO7S. The SMILES string of the molecule is CCOc1cc(C2C3=C(CC(C)(C)CC3=O)OC3=C2C(=O)CC(C)(C)C3)cc(Br)c1OS(=O)(=O)c1ccc(C)cc1. The Hall–Kier alpha value is -2.91. The first kappa shape index (κ1) is 29.6. The summed E-state index contributed by atoms with van der Waals surface area (Å²) in [5.41, 5.74) is 1.99. The summed E-state index contributed by atoms with van der Waals surface area (Å²) in [5.74, 6) is 0.644. The Morgan fingerprint density at radius 3 is 1.95 bits per heavy atom. The zero-order chi connectivity index (χ0) is 29.9. The number of ether oxygens (including phenoxy) is 2. The van der Waals surface area contributed by atoms with Crippen LogP contribution in [0.4, 0.5) is 0 Å². The number of allylic oxidation sites excluding steroid dienone is 4. The largest absolute Gasteiger partial charge is 0.490 e. The summed E-state index contributed by atoms with van der Waals surface area (Å²) >= 11 is 3.51. The molecule has 0 aromatic heterocycles. The Morgan fingerprint density at radius 2 is 1.44 bits per heavy atom. The summed E-state index contributed by atoms with van der Waals surface area (Å²) in [6.45, 7) is 12.1. The highest BCUT2D eigenvalue weighted by atomic mass is 79.9. The Labute approximate surface area is 250 Å². The number of hydrogen-bond acceptors (Lipinski definition) is 7. The van der Waals surface area contributed by atoms with Crippen molar-refractivity contribution in [2.24, 2.45) is 10.8 Å². The third kappa shape index (κ3) is 5.75. The van der Waals surface area contributed by atoms with Crippen molar-refractivity contribution in [1.82, 2.24) is 0 Å². The molecule has 0 unspecified atom stereocenters.